The molecule has 1 fully saturated rings. The fourth-order valence-corrected chi connectivity index (χ4v) is 4.47. The Morgan fingerprint density at radius 1 is 0.943 bits per heavy atom. The highest BCUT2D eigenvalue weighted by Crippen LogP contribution is 2.29. The van der Waals surface area contributed by atoms with Crippen LogP contribution in [0.1, 0.15) is 70.8 Å². The molecule has 1 atom stereocenters. The van der Waals surface area contributed by atoms with Crippen LogP contribution in [0.5, 0.6) is 0 Å². The molecule has 2 aromatic rings. The van der Waals surface area contributed by atoms with Crippen LogP contribution in [0.4, 0.5) is 14.9 Å². The van der Waals surface area contributed by atoms with E-state index < -0.39 is 6.09 Å². The van der Waals surface area contributed by atoms with Gasteiger partial charge in [-0.3, -0.25) is 4.90 Å². The molecule has 1 amide bonds. The average molecular weight is 484 g/mol. The normalized spacial score (nSPS) is 15.6. The van der Waals surface area contributed by atoms with E-state index in [1.165, 1.54) is 67.9 Å². The number of amides is 1. The van der Waals surface area contributed by atoms with Crippen molar-refractivity contribution in [1.29, 1.82) is 0 Å². The van der Waals surface area contributed by atoms with Gasteiger partial charge in [-0.15, -0.1) is 0 Å². The third-order valence-corrected chi connectivity index (χ3v) is 6.56. The van der Waals surface area contributed by atoms with E-state index in [9.17, 15) is 9.18 Å². The van der Waals surface area contributed by atoms with Crippen molar-refractivity contribution < 1.29 is 13.9 Å². The van der Waals surface area contributed by atoms with E-state index >= 15 is 0 Å². The SMILES string of the molecule is CCCCCCCCCCNCc1ccc(-c2ccc(N3C[C@H](CNCC)OC3=O)cc2F)cc1. The van der Waals surface area contributed by atoms with Crippen molar-refractivity contribution in [2.24, 2.45) is 0 Å². The van der Waals surface area contributed by atoms with Crippen LogP contribution in [-0.2, 0) is 11.3 Å². The highest BCUT2D eigenvalue weighted by Gasteiger charge is 2.32. The molecule has 0 bridgehead atoms. The number of carbonyl (C=O) groups is 1. The number of unbranched alkanes of at least 4 members (excludes halogenated alkanes) is 7. The lowest BCUT2D eigenvalue weighted by Gasteiger charge is -2.15. The van der Waals surface area contributed by atoms with E-state index in [1.807, 2.05) is 31.2 Å². The van der Waals surface area contributed by atoms with Crippen LogP contribution in [0.15, 0.2) is 42.5 Å². The number of anilines is 1. The van der Waals surface area contributed by atoms with Crippen molar-refractivity contribution in [2.45, 2.75) is 77.9 Å². The van der Waals surface area contributed by atoms with Crippen LogP contribution < -0.4 is 15.5 Å². The minimum Gasteiger partial charge on any atom is -0.443 e. The zero-order chi connectivity index (χ0) is 24.9. The van der Waals surface area contributed by atoms with Gasteiger partial charge in [-0.2, -0.15) is 0 Å². The fraction of sp³-hybridized carbons (Fsp3) is 0.552. The molecular formula is C29H42FN3O2. The average Bonchev–Trinajstić information content (AvgIpc) is 3.24. The molecular weight excluding hydrogens is 441 g/mol. The molecule has 0 aliphatic carbocycles. The van der Waals surface area contributed by atoms with Crippen LogP contribution in [0.25, 0.3) is 11.1 Å². The lowest BCUT2D eigenvalue weighted by atomic mass is 10.0. The van der Waals surface area contributed by atoms with Gasteiger partial charge in [-0.1, -0.05) is 83.1 Å². The number of nitrogens with zero attached hydrogens (tertiary/aromatic N) is 1. The summed E-state index contributed by atoms with van der Waals surface area (Å²) in [5, 5.41) is 6.69. The molecule has 0 saturated carbocycles. The molecule has 1 saturated heterocycles. The summed E-state index contributed by atoms with van der Waals surface area (Å²) in [4.78, 5) is 13.7. The summed E-state index contributed by atoms with van der Waals surface area (Å²) in [7, 11) is 0. The van der Waals surface area contributed by atoms with Crippen LogP contribution in [0.2, 0.25) is 0 Å². The van der Waals surface area contributed by atoms with Crippen molar-refractivity contribution in [2.75, 3.05) is 31.1 Å². The molecule has 5 nitrogen and oxygen atoms in total. The van der Waals surface area contributed by atoms with Crippen molar-refractivity contribution in [3.05, 3.63) is 53.8 Å². The first kappa shape index (κ1) is 27.2. The van der Waals surface area contributed by atoms with E-state index in [-0.39, 0.29) is 11.9 Å². The largest absolute Gasteiger partial charge is 0.443 e. The number of ether oxygens (including phenoxy) is 1. The lowest BCUT2D eigenvalue weighted by molar-refractivity contribution is 0.140. The van der Waals surface area contributed by atoms with Gasteiger partial charge in [0.25, 0.3) is 0 Å². The summed E-state index contributed by atoms with van der Waals surface area (Å²) < 4.78 is 20.3. The van der Waals surface area contributed by atoms with E-state index in [0.717, 1.165) is 25.2 Å². The van der Waals surface area contributed by atoms with Crippen LogP contribution in [-0.4, -0.2) is 38.4 Å². The third-order valence-electron chi connectivity index (χ3n) is 6.56. The molecule has 0 spiro atoms. The molecule has 35 heavy (non-hydrogen) atoms. The minimum atomic E-state index is -0.427. The summed E-state index contributed by atoms with van der Waals surface area (Å²) in [6, 6.07) is 13.0. The number of nitrogens with one attached hydrogen (secondary N) is 2. The van der Waals surface area contributed by atoms with Crippen molar-refractivity contribution in [1.82, 2.24) is 10.6 Å². The Labute approximate surface area is 210 Å². The molecule has 0 unspecified atom stereocenters. The first-order chi connectivity index (χ1) is 17.1. The van der Waals surface area contributed by atoms with Gasteiger partial charge in [0.1, 0.15) is 11.9 Å². The van der Waals surface area contributed by atoms with E-state index in [2.05, 4.69) is 17.6 Å². The summed E-state index contributed by atoms with van der Waals surface area (Å²) in [6.45, 7) is 7.94. The van der Waals surface area contributed by atoms with Crippen LogP contribution in [0.3, 0.4) is 0 Å². The number of benzene rings is 2. The topological polar surface area (TPSA) is 53.6 Å². The maximum Gasteiger partial charge on any atom is 0.414 e. The Bertz CT molecular complexity index is 903. The maximum atomic E-state index is 15.0. The van der Waals surface area contributed by atoms with Gasteiger partial charge in [-0.25, -0.2) is 9.18 Å². The molecule has 0 aromatic heterocycles. The Kier molecular flexibility index (Phi) is 11.5. The molecule has 3 rings (SSSR count). The second-order valence-electron chi connectivity index (χ2n) is 9.44. The molecule has 0 radical (unpaired) electrons. The Morgan fingerprint density at radius 3 is 2.34 bits per heavy atom. The Hall–Kier alpha value is -2.44. The van der Waals surface area contributed by atoms with Crippen molar-refractivity contribution in [3.63, 3.8) is 0 Å². The van der Waals surface area contributed by atoms with Gasteiger partial charge < -0.3 is 15.4 Å². The zero-order valence-corrected chi connectivity index (χ0v) is 21.5. The second-order valence-corrected chi connectivity index (χ2v) is 9.44. The standard InChI is InChI=1S/C29H42FN3O2/c1-3-5-6-7-8-9-10-11-18-32-20-23-12-14-24(15-13-23)27-17-16-25(19-28(27)30)33-22-26(21-31-4-2)35-29(33)34/h12-17,19,26,31-32H,3-11,18,20-22H2,1-2H3/t26-/m0/s1. The summed E-state index contributed by atoms with van der Waals surface area (Å²) >= 11 is 0. The molecule has 1 aliphatic rings. The predicted octanol–water partition coefficient (Wildman–Crippen LogP) is 6.66. The highest BCUT2D eigenvalue weighted by molar-refractivity contribution is 5.90. The van der Waals surface area contributed by atoms with E-state index in [0.29, 0.717) is 24.3 Å². The lowest BCUT2D eigenvalue weighted by Crippen LogP contribution is -2.30. The molecule has 192 valence electrons. The van der Waals surface area contributed by atoms with Crippen molar-refractivity contribution in [3.8, 4) is 11.1 Å². The van der Waals surface area contributed by atoms with Gasteiger partial charge in [-0.05, 0) is 48.8 Å². The quantitative estimate of drug-likeness (QED) is 0.262. The summed E-state index contributed by atoms with van der Waals surface area (Å²) in [6.07, 6.45) is 9.97. The monoisotopic (exact) mass is 483 g/mol. The number of cyclic esters (lactones) is 1. The Morgan fingerprint density at radius 2 is 1.66 bits per heavy atom. The van der Waals surface area contributed by atoms with Gasteiger partial charge in [0.2, 0.25) is 0 Å². The number of carbonyl (C=O) groups excluding carboxylic acids is 1. The minimum absolute atomic E-state index is 0.220. The summed E-state index contributed by atoms with van der Waals surface area (Å²) in [5.41, 5.74) is 3.08. The van der Waals surface area contributed by atoms with Gasteiger partial charge in [0.15, 0.2) is 0 Å². The molecule has 2 aromatic carbocycles. The molecule has 1 aliphatic heterocycles. The highest BCUT2D eigenvalue weighted by atomic mass is 19.1. The Balaban J connectivity index is 1.43. The van der Waals surface area contributed by atoms with Gasteiger partial charge in [0.05, 0.1) is 12.2 Å². The number of likely N-dealkylation sites (N-methyl/N-ethyl adjacent to an activating group) is 1. The van der Waals surface area contributed by atoms with Crippen LogP contribution in [0, 0.1) is 5.82 Å². The number of halogens is 1. The smallest absolute Gasteiger partial charge is 0.414 e. The summed E-state index contributed by atoms with van der Waals surface area (Å²) in [5.74, 6) is -0.342. The molecule has 6 heteroatoms. The first-order valence-electron chi connectivity index (χ1n) is 13.4. The van der Waals surface area contributed by atoms with E-state index in [4.69, 9.17) is 4.74 Å². The maximum absolute atomic E-state index is 15.0. The van der Waals surface area contributed by atoms with Crippen LogP contribution >= 0.6 is 0 Å². The van der Waals surface area contributed by atoms with Gasteiger partial charge >= 0.3 is 6.09 Å². The number of rotatable bonds is 16. The third kappa shape index (κ3) is 8.62. The fourth-order valence-electron chi connectivity index (χ4n) is 4.47. The number of hydrogen-bond donors (Lipinski definition) is 2. The van der Waals surface area contributed by atoms with E-state index in [1.54, 1.807) is 12.1 Å². The second kappa shape index (κ2) is 14.8. The first-order valence-corrected chi connectivity index (χ1v) is 13.4. The van der Waals surface area contributed by atoms with Crippen molar-refractivity contribution >= 4 is 11.8 Å². The molecule has 2 N–H and O–H groups in total. The molecule has 1 heterocycles. The zero-order valence-electron chi connectivity index (χ0n) is 21.5. The van der Waals surface area contributed by atoms with Gasteiger partial charge in [0, 0.05) is 18.7 Å². The predicted molar refractivity (Wildman–Crippen MR) is 142 cm³/mol. The number of hydrogen-bond acceptors (Lipinski definition) is 4.